The van der Waals surface area contributed by atoms with Crippen molar-refractivity contribution in [2.24, 2.45) is 0 Å². The van der Waals surface area contributed by atoms with Crippen molar-refractivity contribution in [1.82, 2.24) is 14.8 Å². The first-order valence-corrected chi connectivity index (χ1v) is 10.3. The molecule has 0 amide bonds. The maximum atomic E-state index is 12.8. The first-order chi connectivity index (χ1) is 14.0. The van der Waals surface area contributed by atoms with Crippen molar-refractivity contribution in [3.63, 3.8) is 0 Å². The van der Waals surface area contributed by atoms with Crippen LogP contribution in [0.4, 0.5) is 10.5 Å². The molecule has 10 heteroatoms. The van der Waals surface area contributed by atoms with Gasteiger partial charge < -0.3 is 14.5 Å². The number of carbonyl (C=O) groups is 1. The number of anilines is 1. The van der Waals surface area contributed by atoms with Crippen molar-refractivity contribution in [3.05, 3.63) is 50.9 Å². The molecule has 1 aliphatic heterocycles. The van der Waals surface area contributed by atoms with Gasteiger partial charge >= 0.3 is 6.16 Å². The number of rotatable bonds is 3. The minimum absolute atomic E-state index is 0.0771. The van der Waals surface area contributed by atoms with Crippen LogP contribution in [0.1, 0.15) is 27.7 Å². The minimum Gasteiger partial charge on any atom is -0.427 e. The molecule has 1 unspecified atom stereocenters. The number of hydroxylamine groups is 2. The number of hydrogen-bond donors (Lipinski definition) is 0. The molecule has 1 aromatic carbocycles. The molecule has 1 atom stereocenters. The Morgan fingerprint density at radius 3 is 2.43 bits per heavy atom. The van der Waals surface area contributed by atoms with E-state index in [2.05, 4.69) is 5.10 Å². The summed E-state index contributed by atoms with van der Waals surface area (Å²) in [4.78, 5) is 31.9. The van der Waals surface area contributed by atoms with Crippen molar-refractivity contribution < 1.29 is 14.4 Å². The molecule has 0 bridgehead atoms. The Hall–Kier alpha value is -2.29. The molecule has 2 aromatic rings. The van der Waals surface area contributed by atoms with Crippen LogP contribution in [0.25, 0.3) is 5.69 Å². The number of hydrogen-bond acceptors (Lipinski definition) is 7. The molecule has 1 fully saturated rings. The number of halogens is 2. The third-order valence-electron chi connectivity index (χ3n) is 4.46. The van der Waals surface area contributed by atoms with Crippen LogP contribution < -0.4 is 10.5 Å². The SMILES string of the molecule is CC1CN(OC(=O)OC(C)(C)C)CCN1c1cnn(-c2ccc(Cl)cc2)c(=O)c1Cl. The molecule has 30 heavy (non-hydrogen) atoms. The highest BCUT2D eigenvalue weighted by Crippen LogP contribution is 2.26. The van der Waals surface area contributed by atoms with Gasteiger partial charge in [-0.25, -0.2) is 4.79 Å². The average molecular weight is 455 g/mol. The lowest BCUT2D eigenvalue weighted by molar-refractivity contribution is -0.149. The summed E-state index contributed by atoms with van der Waals surface area (Å²) in [5, 5.41) is 6.46. The molecular formula is C20H24Cl2N4O4. The van der Waals surface area contributed by atoms with Crippen LogP contribution in [-0.4, -0.2) is 52.3 Å². The van der Waals surface area contributed by atoms with Crippen LogP contribution >= 0.6 is 23.2 Å². The monoisotopic (exact) mass is 454 g/mol. The summed E-state index contributed by atoms with van der Waals surface area (Å²) < 4.78 is 6.42. The lowest BCUT2D eigenvalue weighted by atomic mass is 10.2. The van der Waals surface area contributed by atoms with Gasteiger partial charge in [0.25, 0.3) is 5.56 Å². The second-order valence-electron chi connectivity index (χ2n) is 8.02. The summed E-state index contributed by atoms with van der Waals surface area (Å²) in [5.74, 6) is 0. The van der Waals surface area contributed by atoms with Gasteiger partial charge in [0.05, 0.1) is 30.7 Å². The maximum Gasteiger partial charge on any atom is 0.528 e. The maximum absolute atomic E-state index is 12.8. The fourth-order valence-corrected chi connectivity index (χ4v) is 3.49. The average Bonchev–Trinajstić information content (AvgIpc) is 2.64. The molecule has 162 valence electrons. The highest BCUT2D eigenvalue weighted by atomic mass is 35.5. The van der Waals surface area contributed by atoms with Crippen LogP contribution in [0, 0.1) is 0 Å². The largest absolute Gasteiger partial charge is 0.528 e. The quantitative estimate of drug-likeness (QED) is 0.650. The molecule has 0 radical (unpaired) electrons. The Balaban J connectivity index is 1.73. The third-order valence-corrected chi connectivity index (χ3v) is 5.07. The molecule has 0 N–H and O–H groups in total. The molecule has 0 saturated carbocycles. The summed E-state index contributed by atoms with van der Waals surface area (Å²) in [7, 11) is 0. The van der Waals surface area contributed by atoms with Crippen molar-refractivity contribution in [1.29, 1.82) is 0 Å². The minimum atomic E-state index is -0.742. The van der Waals surface area contributed by atoms with Crippen molar-refractivity contribution in [3.8, 4) is 5.69 Å². The van der Waals surface area contributed by atoms with E-state index in [1.807, 2.05) is 11.8 Å². The Morgan fingerprint density at radius 2 is 1.83 bits per heavy atom. The summed E-state index contributed by atoms with van der Waals surface area (Å²) >= 11 is 12.3. The summed E-state index contributed by atoms with van der Waals surface area (Å²) in [5.41, 5.74) is 0.0616. The molecular weight excluding hydrogens is 431 g/mol. The first kappa shape index (κ1) is 22.4. The Morgan fingerprint density at radius 1 is 1.17 bits per heavy atom. The Labute approximate surface area is 184 Å². The van der Waals surface area contributed by atoms with Gasteiger partial charge in [-0.3, -0.25) is 4.79 Å². The Kier molecular flexibility index (Phi) is 6.59. The molecule has 2 heterocycles. The highest BCUT2D eigenvalue weighted by molar-refractivity contribution is 6.33. The summed E-state index contributed by atoms with van der Waals surface area (Å²) in [6.45, 7) is 8.62. The highest BCUT2D eigenvalue weighted by Gasteiger charge is 2.30. The zero-order valence-corrected chi connectivity index (χ0v) is 18.8. The van der Waals surface area contributed by atoms with E-state index in [1.165, 1.54) is 4.68 Å². The first-order valence-electron chi connectivity index (χ1n) is 9.51. The molecule has 1 saturated heterocycles. The molecule has 1 aliphatic rings. The molecule has 0 aliphatic carbocycles. The van der Waals surface area contributed by atoms with E-state index >= 15 is 0 Å². The second kappa shape index (κ2) is 8.83. The predicted molar refractivity (Wildman–Crippen MR) is 116 cm³/mol. The number of aromatic nitrogens is 2. The van der Waals surface area contributed by atoms with Gasteiger partial charge in [-0.05, 0) is 52.0 Å². The smallest absolute Gasteiger partial charge is 0.427 e. The molecule has 0 spiro atoms. The van der Waals surface area contributed by atoms with Gasteiger partial charge in [0.15, 0.2) is 0 Å². The Bertz CT molecular complexity index is 972. The van der Waals surface area contributed by atoms with E-state index in [0.717, 1.165) is 0 Å². The van der Waals surface area contributed by atoms with E-state index in [4.69, 9.17) is 32.8 Å². The number of benzene rings is 1. The van der Waals surface area contributed by atoms with E-state index in [1.54, 1.807) is 56.3 Å². The summed E-state index contributed by atoms with van der Waals surface area (Å²) in [6, 6.07) is 6.67. The van der Waals surface area contributed by atoms with Gasteiger partial charge in [0.1, 0.15) is 10.6 Å². The van der Waals surface area contributed by atoms with Crippen LogP contribution in [-0.2, 0) is 9.57 Å². The van der Waals surface area contributed by atoms with Crippen LogP contribution in [0.2, 0.25) is 10.0 Å². The fourth-order valence-electron chi connectivity index (χ4n) is 3.13. The number of nitrogens with zero attached hydrogens (tertiary/aromatic N) is 4. The molecule has 3 rings (SSSR count). The van der Waals surface area contributed by atoms with Gasteiger partial charge in [0.2, 0.25) is 0 Å². The summed E-state index contributed by atoms with van der Waals surface area (Å²) in [6.07, 6.45) is 0.826. The normalized spacial score (nSPS) is 17.7. The fraction of sp³-hybridized carbons (Fsp3) is 0.450. The van der Waals surface area contributed by atoms with E-state index in [0.29, 0.717) is 36.0 Å². The van der Waals surface area contributed by atoms with E-state index in [9.17, 15) is 9.59 Å². The van der Waals surface area contributed by atoms with Crippen molar-refractivity contribution in [2.75, 3.05) is 24.5 Å². The lowest BCUT2D eigenvalue weighted by Gasteiger charge is -2.40. The molecule has 1 aromatic heterocycles. The van der Waals surface area contributed by atoms with Crippen molar-refractivity contribution in [2.45, 2.75) is 39.3 Å². The zero-order valence-electron chi connectivity index (χ0n) is 17.3. The zero-order chi connectivity index (χ0) is 22.1. The number of ether oxygens (including phenoxy) is 1. The van der Waals surface area contributed by atoms with Gasteiger partial charge in [-0.1, -0.05) is 23.2 Å². The lowest BCUT2D eigenvalue weighted by Crippen LogP contribution is -2.53. The van der Waals surface area contributed by atoms with E-state index < -0.39 is 17.3 Å². The van der Waals surface area contributed by atoms with Crippen LogP contribution in [0.3, 0.4) is 0 Å². The molecule has 8 nitrogen and oxygen atoms in total. The van der Waals surface area contributed by atoms with Gasteiger partial charge in [0, 0.05) is 17.6 Å². The van der Waals surface area contributed by atoms with Crippen molar-refractivity contribution >= 4 is 35.0 Å². The third kappa shape index (κ3) is 5.24. The predicted octanol–water partition coefficient (Wildman–Crippen LogP) is 3.92. The van der Waals surface area contributed by atoms with Gasteiger partial charge in [-0.15, -0.1) is 5.06 Å². The number of carbonyl (C=O) groups excluding carboxylic acids is 1. The number of piperazine rings is 1. The van der Waals surface area contributed by atoms with Crippen LogP contribution in [0.5, 0.6) is 0 Å². The standard InChI is InChI=1S/C20H24Cl2N4O4/c1-13-12-24(30-19(28)29-20(2,3)4)9-10-25(13)16-11-23-26(18(27)17(16)22)15-7-5-14(21)6-8-15/h5-8,11,13H,9-10,12H2,1-4H3. The van der Waals surface area contributed by atoms with Crippen LogP contribution in [0.15, 0.2) is 35.3 Å². The van der Waals surface area contributed by atoms with Gasteiger partial charge in [-0.2, -0.15) is 9.78 Å². The topological polar surface area (TPSA) is 76.9 Å². The van der Waals surface area contributed by atoms with E-state index in [-0.39, 0.29) is 11.1 Å². The second-order valence-corrected chi connectivity index (χ2v) is 8.84.